The molecule has 0 aliphatic heterocycles. The summed E-state index contributed by atoms with van der Waals surface area (Å²) in [6.07, 6.45) is 1.57. The molecule has 0 saturated heterocycles. The lowest BCUT2D eigenvalue weighted by Crippen LogP contribution is -2.15. The van der Waals surface area contributed by atoms with Gasteiger partial charge in [-0.05, 0) is 24.3 Å². The van der Waals surface area contributed by atoms with Gasteiger partial charge in [-0.1, -0.05) is 42.1 Å². The zero-order chi connectivity index (χ0) is 22.5. The highest BCUT2D eigenvalue weighted by Crippen LogP contribution is 2.26. The van der Waals surface area contributed by atoms with Crippen molar-refractivity contribution >= 4 is 29.0 Å². The third-order valence-corrected chi connectivity index (χ3v) is 5.37. The fourth-order valence-corrected chi connectivity index (χ4v) is 3.69. The van der Waals surface area contributed by atoms with Crippen molar-refractivity contribution in [3.8, 4) is 11.4 Å². The van der Waals surface area contributed by atoms with E-state index in [1.807, 2.05) is 41.0 Å². The Kier molecular flexibility index (Phi) is 6.26. The second kappa shape index (κ2) is 9.43. The zero-order valence-corrected chi connectivity index (χ0v) is 17.3. The van der Waals surface area contributed by atoms with Crippen LogP contribution in [-0.2, 0) is 11.3 Å². The number of aromatic nitrogens is 3. The van der Waals surface area contributed by atoms with Crippen molar-refractivity contribution in [3.05, 3.63) is 88.6 Å². The molecule has 0 bridgehead atoms. The molecule has 2 heterocycles. The molecule has 4 aromatic rings. The largest absolute Gasteiger partial charge is 0.467 e. The van der Waals surface area contributed by atoms with E-state index in [9.17, 15) is 19.3 Å². The van der Waals surface area contributed by atoms with Crippen molar-refractivity contribution in [3.63, 3.8) is 0 Å². The van der Waals surface area contributed by atoms with Crippen LogP contribution < -0.4 is 5.32 Å². The number of carbonyl (C=O) groups is 1. The number of nitrogens with one attached hydrogen (secondary N) is 1. The predicted molar refractivity (Wildman–Crippen MR) is 116 cm³/mol. The number of nitro groups is 1. The van der Waals surface area contributed by atoms with Crippen LogP contribution in [0.15, 0.2) is 76.5 Å². The maximum atomic E-state index is 13.5. The number of halogens is 1. The summed E-state index contributed by atoms with van der Waals surface area (Å²) in [6, 6.07) is 16.3. The Morgan fingerprint density at radius 3 is 2.69 bits per heavy atom. The van der Waals surface area contributed by atoms with E-state index < -0.39 is 22.3 Å². The number of nitro benzene ring substituents is 1. The summed E-state index contributed by atoms with van der Waals surface area (Å²) >= 11 is 1.15. The number of carbonyl (C=O) groups excluding carboxylic acids is 1. The van der Waals surface area contributed by atoms with Crippen LogP contribution in [0, 0.1) is 15.9 Å². The summed E-state index contributed by atoms with van der Waals surface area (Å²) in [7, 11) is 0. The SMILES string of the molecule is O=C(CSc1nnc(-c2ccccc2)n1Cc1ccco1)Nc1ccc(F)c([N+](=O)[O-])c1. The first-order valence-corrected chi connectivity index (χ1v) is 10.4. The van der Waals surface area contributed by atoms with Crippen LogP contribution >= 0.6 is 11.8 Å². The van der Waals surface area contributed by atoms with E-state index in [0.29, 0.717) is 23.3 Å². The Hall–Kier alpha value is -3.99. The van der Waals surface area contributed by atoms with Crippen molar-refractivity contribution in [2.45, 2.75) is 11.7 Å². The Labute approximate surface area is 185 Å². The summed E-state index contributed by atoms with van der Waals surface area (Å²) < 4.78 is 20.8. The highest BCUT2D eigenvalue weighted by Gasteiger charge is 2.18. The van der Waals surface area contributed by atoms with Crippen LogP contribution in [0.1, 0.15) is 5.76 Å². The number of thioether (sulfide) groups is 1. The zero-order valence-electron chi connectivity index (χ0n) is 16.5. The molecule has 0 saturated carbocycles. The Bertz CT molecular complexity index is 1240. The number of furan rings is 1. The smallest absolute Gasteiger partial charge is 0.306 e. The second-order valence-corrected chi connectivity index (χ2v) is 7.54. The van der Waals surface area contributed by atoms with Gasteiger partial charge in [-0.15, -0.1) is 10.2 Å². The standard InChI is InChI=1S/C21H16FN5O4S/c22-17-9-8-15(11-18(17)27(29)30)23-19(28)13-32-21-25-24-20(14-5-2-1-3-6-14)26(21)12-16-7-4-10-31-16/h1-11H,12-13H2,(H,23,28). The van der Waals surface area contributed by atoms with Gasteiger partial charge in [0, 0.05) is 17.3 Å². The molecule has 0 radical (unpaired) electrons. The van der Waals surface area contributed by atoms with E-state index >= 15 is 0 Å². The van der Waals surface area contributed by atoms with Gasteiger partial charge in [-0.3, -0.25) is 19.5 Å². The number of hydrogen-bond acceptors (Lipinski definition) is 7. The van der Waals surface area contributed by atoms with Gasteiger partial charge in [0.15, 0.2) is 11.0 Å². The van der Waals surface area contributed by atoms with Gasteiger partial charge in [0.25, 0.3) is 0 Å². The van der Waals surface area contributed by atoms with Crippen LogP contribution in [0.4, 0.5) is 15.8 Å². The number of hydrogen-bond donors (Lipinski definition) is 1. The minimum Gasteiger partial charge on any atom is -0.467 e. The first-order chi connectivity index (χ1) is 15.5. The molecule has 1 amide bonds. The van der Waals surface area contributed by atoms with E-state index in [2.05, 4.69) is 15.5 Å². The van der Waals surface area contributed by atoms with Gasteiger partial charge in [0.1, 0.15) is 5.76 Å². The van der Waals surface area contributed by atoms with Gasteiger partial charge < -0.3 is 9.73 Å². The number of nitrogens with zero attached hydrogens (tertiary/aromatic N) is 4. The molecule has 11 heteroatoms. The average molecular weight is 453 g/mol. The first-order valence-electron chi connectivity index (χ1n) is 9.39. The molecule has 0 unspecified atom stereocenters. The molecule has 0 atom stereocenters. The molecule has 9 nitrogen and oxygen atoms in total. The molecule has 0 fully saturated rings. The van der Waals surface area contributed by atoms with Crippen LogP contribution in [0.25, 0.3) is 11.4 Å². The molecule has 32 heavy (non-hydrogen) atoms. The minimum absolute atomic E-state index is 0.0315. The molecule has 1 N–H and O–H groups in total. The lowest BCUT2D eigenvalue weighted by atomic mass is 10.2. The monoisotopic (exact) mass is 453 g/mol. The van der Waals surface area contributed by atoms with Gasteiger partial charge in [0.05, 0.1) is 23.5 Å². The second-order valence-electron chi connectivity index (χ2n) is 6.60. The third kappa shape index (κ3) is 4.83. The lowest BCUT2D eigenvalue weighted by Gasteiger charge is -2.09. The quantitative estimate of drug-likeness (QED) is 0.239. The van der Waals surface area contributed by atoms with Crippen molar-refractivity contribution in [2.24, 2.45) is 0 Å². The van der Waals surface area contributed by atoms with E-state index in [1.54, 1.807) is 12.3 Å². The summed E-state index contributed by atoms with van der Waals surface area (Å²) in [5.41, 5.74) is 0.286. The molecule has 162 valence electrons. The van der Waals surface area contributed by atoms with E-state index in [0.717, 1.165) is 29.5 Å². The fraction of sp³-hybridized carbons (Fsp3) is 0.0952. The molecule has 0 spiro atoms. The molecular formula is C21H16FN5O4S. The summed E-state index contributed by atoms with van der Waals surface area (Å²) in [5, 5.41) is 22.4. The highest BCUT2D eigenvalue weighted by molar-refractivity contribution is 7.99. The van der Waals surface area contributed by atoms with Gasteiger partial charge >= 0.3 is 5.69 Å². The van der Waals surface area contributed by atoms with Gasteiger partial charge in [-0.25, -0.2) is 0 Å². The van der Waals surface area contributed by atoms with Crippen molar-refractivity contribution in [1.82, 2.24) is 14.8 Å². The highest BCUT2D eigenvalue weighted by atomic mass is 32.2. The molecular weight excluding hydrogens is 437 g/mol. The van der Waals surface area contributed by atoms with Crippen molar-refractivity contribution in [2.75, 3.05) is 11.1 Å². The maximum absolute atomic E-state index is 13.5. The molecule has 0 aliphatic carbocycles. The number of benzene rings is 2. The summed E-state index contributed by atoms with van der Waals surface area (Å²) in [4.78, 5) is 22.4. The summed E-state index contributed by atoms with van der Waals surface area (Å²) in [6.45, 7) is 0.373. The summed E-state index contributed by atoms with van der Waals surface area (Å²) in [5.74, 6) is -0.103. The molecule has 2 aromatic carbocycles. The van der Waals surface area contributed by atoms with E-state index in [4.69, 9.17) is 4.42 Å². The van der Waals surface area contributed by atoms with E-state index in [-0.39, 0.29) is 11.4 Å². The maximum Gasteiger partial charge on any atom is 0.306 e. The van der Waals surface area contributed by atoms with E-state index in [1.165, 1.54) is 6.07 Å². The van der Waals surface area contributed by atoms with Crippen molar-refractivity contribution < 1.29 is 18.5 Å². The number of rotatable bonds is 8. The van der Waals surface area contributed by atoms with Crippen LogP contribution in [0.5, 0.6) is 0 Å². The Morgan fingerprint density at radius 2 is 1.97 bits per heavy atom. The van der Waals surface area contributed by atoms with Gasteiger partial charge in [0.2, 0.25) is 11.7 Å². The molecule has 4 rings (SSSR count). The number of anilines is 1. The normalized spacial score (nSPS) is 10.8. The lowest BCUT2D eigenvalue weighted by molar-refractivity contribution is -0.387. The van der Waals surface area contributed by atoms with Crippen LogP contribution in [0.2, 0.25) is 0 Å². The minimum atomic E-state index is -0.971. The number of amides is 1. The predicted octanol–water partition coefficient (Wildman–Crippen LogP) is 4.36. The average Bonchev–Trinajstić information content (AvgIpc) is 3.44. The topological polar surface area (TPSA) is 116 Å². The van der Waals surface area contributed by atoms with Crippen molar-refractivity contribution in [1.29, 1.82) is 0 Å². The molecule has 0 aliphatic rings. The molecule has 2 aromatic heterocycles. The third-order valence-electron chi connectivity index (χ3n) is 4.40. The van der Waals surface area contributed by atoms with Crippen LogP contribution in [-0.4, -0.2) is 31.3 Å². The van der Waals surface area contributed by atoms with Gasteiger partial charge in [-0.2, -0.15) is 4.39 Å². The Balaban J connectivity index is 1.50. The first kappa shape index (κ1) is 21.2. The fourth-order valence-electron chi connectivity index (χ4n) is 2.95. The van der Waals surface area contributed by atoms with Crippen LogP contribution in [0.3, 0.4) is 0 Å². The Morgan fingerprint density at radius 1 is 1.16 bits per heavy atom.